The summed E-state index contributed by atoms with van der Waals surface area (Å²) in [6.45, 7) is 5.18. The number of carbonyl (C=O) groups is 3. The second kappa shape index (κ2) is 11.3. The number of ether oxygens (including phenoxy) is 2. The fourth-order valence-electron chi connectivity index (χ4n) is 5.37. The predicted octanol–water partition coefficient (Wildman–Crippen LogP) is 4.43. The number of anilines is 1. The van der Waals surface area contributed by atoms with Crippen LogP contribution in [-0.2, 0) is 26.3 Å². The first-order valence-corrected chi connectivity index (χ1v) is 14.0. The molecule has 5 rings (SSSR count). The molecular formula is C30H33F3N4O6. The zero-order valence-corrected chi connectivity index (χ0v) is 24.1. The molecule has 2 fully saturated rings. The van der Waals surface area contributed by atoms with Gasteiger partial charge in [-0.05, 0) is 42.9 Å². The number of hydrogen-bond acceptors (Lipinski definition) is 8. The van der Waals surface area contributed by atoms with Crippen LogP contribution in [-0.4, -0.2) is 77.1 Å². The zero-order chi connectivity index (χ0) is 31.3. The molecule has 3 heterocycles. The number of carboxylic acid groups (broad SMARTS) is 1. The molecule has 10 nitrogen and oxygen atoms in total. The number of ketones is 1. The van der Waals surface area contributed by atoms with Crippen LogP contribution in [0.2, 0.25) is 0 Å². The van der Waals surface area contributed by atoms with E-state index in [1.165, 1.54) is 12.1 Å². The Morgan fingerprint density at radius 3 is 2.47 bits per heavy atom. The van der Waals surface area contributed by atoms with Gasteiger partial charge in [0.05, 0.1) is 18.3 Å². The van der Waals surface area contributed by atoms with Crippen LogP contribution in [0.4, 0.5) is 18.9 Å². The maximum atomic E-state index is 13.7. The second-order valence-corrected chi connectivity index (χ2v) is 12.2. The predicted molar refractivity (Wildman–Crippen MR) is 149 cm³/mol. The number of Topliss-reactive ketones (excluding diaryl/α,β-unsaturated/α-hetero) is 1. The molecule has 1 unspecified atom stereocenters. The molecular weight excluding hydrogens is 569 g/mol. The average Bonchev–Trinajstić information content (AvgIpc) is 3.59. The lowest BCUT2D eigenvalue weighted by molar-refractivity contribution is -0.189. The molecule has 0 radical (unpaired) electrons. The number of rotatable bonds is 9. The number of halogens is 3. The van der Waals surface area contributed by atoms with E-state index < -0.39 is 36.2 Å². The van der Waals surface area contributed by atoms with Crippen molar-refractivity contribution in [2.45, 2.75) is 70.2 Å². The molecule has 1 saturated carbocycles. The highest BCUT2D eigenvalue weighted by atomic mass is 19.4. The van der Waals surface area contributed by atoms with E-state index in [1.54, 1.807) is 30.6 Å². The summed E-state index contributed by atoms with van der Waals surface area (Å²) in [6, 6.07) is 6.73. The first-order valence-electron chi connectivity index (χ1n) is 14.0. The Labute approximate surface area is 246 Å². The third kappa shape index (κ3) is 6.66. The summed E-state index contributed by atoms with van der Waals surface area (Å²) in [5, 5.41) is 17.6. The van der Waals surface area contributed by atoms with Crippen molar-refractivity contribution in [1.29, 1.82) is 5.41 Å². The van der Waals surface area contributed by atoms with E-state index in [0.717, 1.165) is 24.1 Å². The number of aliphatic carboxylic acids is 1. The van der Waals surface area contributed by atoms with Gasteiger partial charge in [0, 0.05) is 47.9 Å². The van der Waals surface area contributed by atoms with Gasteiger partial charge in [0.1, 0.15) is 18.1 Å². The van der Waals surface area contributed by atoms with Gasteiger partial charge in [0.15, 0.2) is 11.5 Å². The maximum absolute atomic E-state index is 13.7. The molecule has 1 aromatic carbocycles. The lowest BCUT2D eigenvalue weighted by Crippen LogP contribution is -2.32. The van der Waals surface area contributed by atoms with Crippen LogP contribution in [0.3, 0.4) is 0 Å². The minimum atomic E-state index is -5.25. The molecule has 13 heteroatoms. The molecule has 1 atom stereocenters. The summed E-state index contributed by atoms with van der Waals surface area (Å²) >= 11 is 0. The number of esters is 1. The number of nitrogens with zero attached hydrogens (tertiary/aromatic N) is 3. The van der Waals surface area contributed by atoms with E-state index >= 15 is 0 Å². The summed E-state index contributed by atoms with van der Waals surface area (Å²) < 4.78 is 50.3. The van der Waals surface area contributed by atoms with Crippen molar-refractivity contribution >= 4 is 29.2 Å². The smallest absolute Gasteiger partial charge is 0.480 e. The SMILES string of the molecule is CC(C)(C)c1cc(C(=O)CN2Cc3ccc(C4CC4)nc3C2=N)cc(N2CCC(OCC(=O)O)C2)c1OC(=O)C(F)(F)F. The van der Waals surface area contributed by atoms with Gasteiger partial charge in [-0.3, -0.25) is 10.2 Å². The van der Waals surface area contributed by atoms with Crippen molar-refractivity contribution in [2.24, 2.45) is 0 Å². The van der Waals surface area contributed by atoms with Gasteiger partial charge in [-0.15, -0.1) is 0 Å². The number of amidine groups is 1. The lowest BCUT2D eigenvalue weighted by atomic mass is 9.84. The molecule has 0 amide bonds. The van der Waals surface area contributed by atoms with E-state index in [-0.39, 0.29) is 53.8 Å². The fourth-order valence-corrected chi connectivity index (χ4v) is 5.37. The normalized spacial score (nSPS) is 18.7. The van der Waals surface area contributed by atoms with E-state index in [4.69, 9.17) is 20.0 Å². The van der Waals surface area contributed by atoms with E-state index in [0.29, 0.717) is 24.6 Å². The zero-order valence-electron chi connectivity index (χ0n) is 24.1. The van der Waals surface area contributed by atoms with Crippen LogP contribution in [0.5, 0.6) is 5.75 Å². The number of carboxylic acids is 1. The molecule has 2 N–H and O–H groups in total. The first kappa shape index (κ1) is 30.5. The summed E-state index contributed by atoms with van der Waals surface area (Å²) in [4.78, 5) is 44.6. The van der Waals surface area contributed by atoms with Crippen molar-refractivity contribution in [3.05, 3.63) is 52.3 Å². The largest absolute Gasteiger partial charge is 0.491 e. The minimum Gasteiger partial charge on any atom is -0.480 e. The lowest BCUT2D eigenvalue weighted by Gasteiger charge is -2.29. The highest BCUT2D eigenvalue weighted by Crippen LogP contribution is 2.43. The Morgan fingerprint density at radius 2 is 1.84 bits per heavy atom. The molecule has 0 spiro atoms. The second-order valence-electron chi connectivity index (χ2n) is 12.2. The van der Waals surface area contributed by atoms with Crippen LogP contribution < -0.4 is 9.64 Å². The molecule has 230 valence electrons. The van der Waals surface area contributed by atoms with Gasteiger partial charge in [-0.25, -0.2) is 14.6 Å². The number of pyridine rings is 1. The summed E-state index contributed by atoms with van der Waals surface area (Å²) in [5.74, 6) is -3.70. The number of fused-ring (bicyclic) bond motifs is 1. The molecule has 2 aromatic rings. The van der Waals surface area contributed by atoms with Crippen LogP contribution in [0.15, 0.2) is 24.3 Å². The van der Waals surface area contributed by atoms with Crippen molar-refractivity contribution < 1.29 is 42.1 Å². The Bertz CT molecular complexity index is 1480. The van der Waals surface area contributed by atoms with Gasteiger partial charge < -0.3 is 24.4 Å². The number of nitrogens with one attached hydrogen (secondary N) is 1. The first-order chi connectivity index (χ1) is 20.1. The van der Waals surface area contributed by atoms with Crippen molar-refractivity contribution in [2.75, 3.05) is 31.1 Å². The molecule has 1 aromatic heterocycles. The van der Waals surface area contributed by atoms with E-state index in [1.807, 2.05) is 12.1 Å². The highest BCUT2D eigenvalue weighted by molar-refractivity contribution is 6.05. The van der Waals surface area contributed by atoms with Gasteiger partial charge in [-0.1, -0.05) is 26.8 Å². The van der Waals surface area contributed by atoms with Gasteiger partial charge in [0.25, 0.3) is 0 Å². The Balaban J connectivity index is 1.47. The number of carbonyl (C=O) groups excluding carboxylic acids is 2. The summed E-state index contributed by atoms with van der Waals surface area (Å²) in [6.07, 6.45) is -3.27. The quantitative estimate of drug-likeness (QED) is 0.243. The maximum Gasteiger partial charge on any atom is 0.491 e. The Morgan fingerprint density at radius 1 is 1.12 bits per heavy atom. The van der Waals surface area contributed by atoms with E-state index in [2.05, 4.69) is 4.98 Å². The summed E-state index contributed by atoms with van der Waals surface area (Å²) in [7, 11) is 0. The van der Waals surface area contributed by atoms with Crippen molar-refractivity contribution in [1.82, 2.24) is 9.88 Å². The van der Waals surface area contributed by atoms with Crippen molar-refractivity contribution in [3.8, 4) is 5.75 Å². The van der Waals surface area contributed by atoms with Gasteiger partial charge >= 0.3 is 18.1 Å². The van der Waals surface area contributed by atoms with Gasteiger partial charge in [0.2, 0.25) is 0 Å². The van der Waals surface area contributed by atoms with Crippen LogP contribution in [0.1, 0.15) is 78.8 Å². The third-order valence-corrected chi connectivity index (χ3v) is 7.79. The third-order valence-electron chi connectivity index (χ3n) is 7.79. The number of hydrogen-bond donors (Lipinski definition) is 2. The number of aromatic nitrogens is 1. The Kier molecular flexibility index (Phi) is 7.97. The molecule has 1 saturated heterocycles. The average molecular weight is 603 g/mol. The fraction of sp³-hybridized carbons (Fsp3) is 0.500. The molecule has 2 aliphatic heterocycles. The van der Waals surface area contributed by atoms with Crippen molar-refractivity contribution in [3.63, 3.8) is 0 Å². The molecule has 0 bridgehead atoms. The van der Waals surface area contributed by atoms with Gasteiger partial charge in [-0.2, -0.15) is 13.2 Å². The molecule has 3 aliphatic rings. The Hall–Kier alpha value is -4.00. The highest BCUT2D eigenvalue weighted by Gasteiger charge is 2.43. The van der Waals surface area contributed by atoms with E-state index in [9.17, 15) is 27.6 Å². The summed E-state index contributed by atoms with van der Waals surface area (Å²) in [5.41, 5.74) is 1.99. The molecule has 1 aliphatic carbocycles. The monoisotopic (exact) mass is 602 g/mol. The van der Waals surface area contributed by atoms with Crippen LogP contribution >= 0.6 is 0 Å². The van der Waals surface area contributed by atoms with Crippen LogP contribution in [0, 0.1) is 5.41 Å². The number of alkyl halides is 3. The standard InChI is InChI=1S/C30H33F3N4O6/c1-29(2,3)20-10-18(23(38)14-37-12-17-6-7-21(16-4-5-16)35-25(17)27(37)34)11-22(26(20)43-28(41)30(31,32)33)36-9-8-19(13-36)42-15-24(39)40/h6-7,10-11,16,19,34H,4-5,8-9,12-15H2,1-3H3,(H,39,40). The minimum absolute atomic E-state index is 0.102. The topological polar surface area (TPSA) is 133 Å². The molecule has 43 heavy (non-hydrogen) atoms. The van der Waals surface area contributed by atoms with Crippen LogP contribution in [0.25, 0.3) is 0 Å². The number of benzene rings is 1.